The Kier molecular flexibility index (Phi) is 5.24. The molecule has 2 rings (SSSR count). The summed E-state index contributed by atoms with van der Waals surface area (Å²) < 4.78 is 7.48. The number of nitrogens with one attached hydrogen (secondary N) is 1. The van der Waals surface area contributed by atoms with Gasteiger partial charge < -0.3 is 10.1 Å². The number of benzene rings is 2. The first-order chi connectivity index (χ1) is 9.15. The Hall–Kier alpha value is -0.590. The molecule has 0 saturated carbocycles. The summed E-state index contributed by atoms with van der Waals surface area (Å²) in [5.74, 6) is 0.848. The van der Waals surface area contributed by atoms with Crippen LogP contribution in [0.25, 0.3) is 0 Å². The highest BCUT2D eigenvalue weighted by molar-refractivity contribution is 14.1. The summed E-state index contributed by atoms with van der Waals surface area (Å²) in [4.78, 5) is 0. The highest BCUT2D eigenvalue weighted by Gasteiger charge is 2.13. The molecular formula is C15H15BrINO. The van der Waals surface area contributed by atoms with Gasteiger partial charge in [0.05, 0.1) is 17.6 Å². The number of methoxy groups -OCH3 is 1. The predicted molar refractivity (Wildman–Crippen MR) is 90.8 cm³/mol. The van der Waals surface area contributed by atoms with Crippen molar-refractivity contribution in [1.82, 2.24) is 5.32 Å². The average Bonchev–Trinajstić information content (AvgIpc) is 2.42. The van der Waals surface area contributed by atoms with E-state index in [-0.39, 0.29) is 6.04 Å². The molecule has 2 nitrogen and oxygen atoms in total. The monoisotopic (exact) mass is 431 g/mol. The minimum atomic E-state index is 0.180. The van der Waals surface area contributed by atoms with E-state index in [4.69, 9.17) is 4.74 Å². The van der Waals surface area contributed by atoms with Crippen molar-refractivity contribution in [2.45, 2.75) is 6.04 Å². The van der Waals surface area contributed by atoms with E-state index in [1.807, 2.05) is 13.1 Å². The molecule has 0 aliphatic rings. The van der Waals surface area contributed by atoms with Gasteiger partial charge in [-0.15, -0.1) is 0 Å². The van der Waals surface area contributed by atoms with Crippen LogP contribution in [-0.2, 0) is 0 Å². The lowest BCUT2D eigenvalue weighted by Gasteiger charge is -2.18. The van der Waals surface area contributed by atoms with Gasteiger partial charge in [-0.2, -0.15) is 0 Å². The van der Waals surface area contributed by atoms with Gasteiger partial charge in [-0.25, -0.2) is 0 Å². The lowest BCUT2D eigenvalue weighted by Crippen LogP contribution is -2.17. The highest BCUT2D eigenvalue weighted by Crippen LogP contribution is 2.30. The zero-order chi connectivity index (χ0) is 13.8. The summed E-state index contributed by atoms with van der Waals surface area (Å²) in [6.45, 7) is 0. The molecule has 2 aromatic carbocycles. The van der Waals surface area contributed by atoms with Gasteiger partial charge in [-0.05, 0) is 81.0 Å². The molecule has 0 aliphatic heterocycles. The maximum atomic E-state index is 5.27. The summed E-state index contributed by atoms with van der Waals surface area (Å²) in [5.41, 5.74) is 2.45. The molecule has 0 aromatic heterocycles. The topological polar surface area (TPSA) is 21.3 Å². The van der Waals surface area contributed by atoms with Crippen LogP contribution in [0.4, 0.5) is 0 Å². The van der Waals surface area contributed by atoms with Crippen molar-refractivity contribution < 1.29 is 4.74 Å². The zero-order valence-corrected chi connectivity index (χ0v) is 14.5. The maximum absolute atomic E-state index is 5.27. The van der Waals surface area contributed by atoms with Crippen LogP contribution in [-0.4, -0.2) is 14.2 Å². The molecule has 1 unspecified atom stereocenters. The van der Waals surface area contributed by atoms with E-state index in [0.717, 1.165) is 10.2 Å². The Labute approximate surface area is 135 Å². The van der Waals surface area contributed by atoms with E-state index < -0.39 is 0 Å². The van der Waals surface area contributed by atoms with E-state index in [9.17, 15) is 0 Å². The fraction of sp³-hybridized carbons (Fsp3) is 0.200. The number of hydrogen-bond donors (Lipinski definition) is 1. The lowest BCUT2D eigenvalue weighted by atomic mass is 9.99. The van der Waals surface area contributed by atoms with Gasteiger partial charge in [-0.3, -0.25) is 0 Å². The molecule has 0 amide bonds. The number of hydrogen-bond acceptors (Lipinski definition) is 2. The molecular weight excluding hydrogens is 417 g/mol. The third-order valence-electron chi connectivity index (χ3n) is 3.00. The molecule has 0 bridgehead atoms. The third kappa shape index (κ3) is 3.49. The summed E-state index contributed by atoms with van der Waals surface area (Å²) >= 11 is 5.85. The predicted octanol–water partition coefficient (Wildman–Crippen LogP) is 4.37. The van der Waals surface area contributed by atoms with E-state index in [0.29, 0.717) is 0 Å². The van der Waals surface area contributed by atoms with Crippen LogP contribution in [0.1, 0.15) is 17.2 Å². The van der Waals surface area contributed by atoms with Crippen LogP contribution in [0, 0.1) is 3.57 Å². The van der Waals surface area contributed by atoms with Crippen molar-refractivity contribution in [2.24, 2.45) is 0 Å². The Morgan fingerprint density at radius 1 is 1.11 bits per heavy atom. The van der Waals surface area contributed by atoms with E-state index >= 15 is 0 Å². The van der Waals surface area contributed by atoms with Gasteiger partial charge in [0, 0.05) is 3.57 Å². The largest absolute Gasteiger partial charge is 0.496 e. The first-order valence-electron chi connectivity index (χ1n) is 5.92. The van der Waals surface area contributed by atoms with Gasteiger partial charge in [0.15, 0.2) is 0 Å². The summed E-state index contributed by atoms with van der Waals surface area (Å²) in [7, 11) is 3.65. The number of ether oxygens (including phenoxy) is 1. The quantitative estimate of drug-likeness (QED) is 0.725. The average molecular weight is 432 g/mol. The molecule has 2 aromatic rings. The second-order valence-corrected chi connectivity index (χ2v) is 6.27. The van der Waals surface area contributed by atoms with E-state index in [1.54, 1.807) is 7.11 Å². The molecule has 100 valence electrons. The van der Waals surface area contributed by atoms with Gasteiger partial charge in [0.25, 0.3) is 0 Å². The lowest BCUT2D eigenvalue weighted by molar-refractivity contribution is 0.412. The van der Waals surface area contributed by atoms with E-state index in [1.165, 1.54) is 14.7 Å². The standard InChI is InChI=1S/C15H15BrINO/c1-18-15(10-3-6-12(17)7-4-10)11-5-8-14(19-2)13(16)9-11/h3-9,15,18H,1-2H3. The van der Waals surface area contributed by atoms with Crippen LogP contribution in [0.3, 0.4) is 0 Å². The highest BCUT2D eigenvalue weighted by atomic mass is 127. The zero-order valence-electron chi connectivity index (χ0n) is 10.8. The van der Waals surface area contributed by atoms with Crippen LogP contribution in [0.5, 0.6) is 5.75 Å². The normalized spacial score (nSPS) is 12.2. The van der Waals surface area contributed by atoms with Gasteiger partial charge in [0.2, 0.25) is 0 Å². The first kappa shape index (κ1) is 14.8. The minimum Gasteiger partial charge on any atom is -0.496 e. The fourth-order valence-electron chi connectivity index (χ4n) is 2.04. The van der Waals surface area contributed by atoms with Crippen molar-refractivity contribution in [3.63, 3.8) is 0 Å². The fourth-order valence-corrected chi connectivity index (χ4v) is 2.96. The second kappa shape index (κ2) is 6.72. The number of rotatable bonds is 4. The Balaban J connectivity index is 2.36. The Morgan fingerprint density at radius 2 is 1.74 bits per heavy atom. The molecule has 0 radical (unpaired) electrons. The van der Waals surface area contributed by atoms with Gasteiger partial charge in [-0.1, -0.05) is 18.2 Å². The molecule has 0 saturated heterocycles. The molecule has 0 fully saturated rings. The van der Waals surface area contributed by atoms with Crippen molar-refractivity contribution in [1.29, 1.82) is 0 Å². The van der Waals surface area contributed by atoms with Crippen LogP contribution < -0.4 is 10.1 Å². The molecule has 0 spiro atoms. The van der Waals surface area contributed by atoms with Crippen molar-refractivity contribution in [3.05, 3.63) is 61.6 Å². The smallest absolute Gasteiger partial charge is 0.133 e. The third-order valence-corrected chi connectivity index (χ3v) is 4.34. The molecule has 1 atom stereocenters. The molecule has 0 heterocycles. The molecule has 4 heteroatoms. The Bertz CT molecular complexity index is 557. The van der Waals surface area contributed by atoms with Crippen LogP contribution >= 0.6 is 38.5 Å². The van der Waals surface area contributed by atoms with Gasteiger partial charge in [0.1, 0.15) is 5.75 Å². The van der Waals surface area contributed by atoms with Crippen LogP contribution in [0.2, 0.25) is 0 Å². The first-order valence-corrected chi connectivity index (χ1v) is 7.79. The summed E-state index contributed by atoms with van der Waals surface area (Å²) in [6.07, 6.45) is 0. The molecule has 0 aliphatic carbocycles. The number of halogens is 2. The second-order valence-electron chi connectivity index (χ2n) is 4.17. The Morgan fingerprint density at radius 3 is 2.26 bits per heavy atom. The molecule has 1 N–H and O–H groups in total. The maximum Gasteiger partial charge on any atom is 0.133 e. The van der Waals surface area contributed by atoms with Crippen molar-refractivity contribution in [2.75, 3.05) is 14.2 Å². The summed E-state index contributed by atoms with van der Waals surface area (Å²) in [6, 6.07) is 14.9. The molecule has 19 heavy (non-hydrogen) atoms. The van der Waals surface area contributed by atoms with Crippen molar-refractivity contribution in [3.8, 4) is 5.75 Å². The minimum absolute atomic E-state index is 0.180. The van der Waals surface area contributed by atoms with Gasteiger partial charge >= 0.3 is 0 Å². The van der Waals surface area contributed by atoms with E-state index in [2.05, 4.69) is 80.2 Å². The van der Waals surface area contributed by atoms with Crippen LogP contribution in [0.15, 0.2) is 46.9 Å². The summed E-state index contributed by atoms with van der Waals surface area (Å²) in [5, 5.41) is 3.35. The SMILES string of the molecule is CNC(c1ccc(I)cc1)c1ccc(OC)c(Br)c1. The van der Waals surface area contributed by atoms with Crippen molar-refractivity contribution >= 4 is 38.5 Å².